The highest BCUT2D eigenvalue weighted by atomic mass is 32.2. The Morgan fingerprint density at radius 2 is 1.87 bits per heavy atom. The van der Waals surface area contributed by atoms with Gasteiger partial charge in [-0.05, 0) is 36.4 Å². The number of amides is 2. The van der Waals surface area contributed by atoms with Crippen LogP contribution in [-0.4, -0.2) is 36.2 Å². The summed E-state index contributed by atoms with van der Waals surface area (Å²) >= 11 is 0. The molecule has 23 heavy (non-hydrogen) atoms. The number of nitrogens with zero attached hydrogens (tertiary/aromatic N) is 1. The summed E-state index contributed by atoms with van der Waals surface area (Å²) in [4.78, 5) is 24.1. The van der Waals surface area contributed by atoms with E-state index in [9.17, 15) is 23.1 Å². The molecule has 1 aliphatic rings. The molecule has 2 aromatic rings. The van der Waals surface area contributed by atoms with Gasteiger partial charge in [0.2, 0.25) is 5.91 Å². The number of nitrogens with one attached hydrogen (secondary N) is 1. The molecule has 0 bridgehead atoms. The molecule has 0 unspecified atom stereocenters. The molecule has 1 heterocycles. The van der Waals surface area contributed by atoms with Crippen LogP contribution in [0.3, 0.4) is 0 Å². The van der Waals surface area contributed by atoms with Gasteiger partial charge >= 0.3 is 0 Å². The minimum Gasteiger partial charge on any atom is -0.508 e. The summed E-state index contributed by atoms with van der Waals surface area (Å²) in [5, 5.41) is 11.7. The molecular formula is C15H12N2O5S. The Bertz CT molecular complexity index is 890. The number of aromatic hydroxyl groups is 1. The van der Waals surface area contributed by atoms with Crippen LogP contribution in [-0.2, 0) is 14.8 Å². The smallest absolute Gasteiger partial charge is 0.269 e. The van der Waals surface area contributed by atoms with E-state index in [0.29, 0.717) is 9.99 Å². The third-order valence-corrected chi connectivity index (χ3v) is 5.14. The zero-order valence-corrected chi connectivity index (χ0v) is 12.6. The summed E-state index contributed by atoms with van der Waals surface area (Å²) in [6.07, 6.45) is 0. The standard InChI is InChI=1S/C15H12N2O5S/c18-11-7-5-10(6-8-11)16-14(19)9-17-15(20)12-3-1-2-4-13(12)23(17,21)22/h1-8,18H,9H2,(H,16,19)/i5+2,6+2,7+2,8+2,10+2,11+2. The van der Waals surface area contributed by atoms with Crippen LogP contribution in [0.1, 0.15) is 10.4 Å². The molecule has 0 saturated carbocycles. The van der Waals surface area contributed by atoms with Crippen molar-refractivity contribution in [3.8, 4) is 5.75 Å². The number of benzene rings is 2. The number of rotatable bonds is 3. The van der Waals surface area contributed by atoms with E-state index in [1.807, 2.05) is 0 Å². The molecular weight excluding hydrogens is 332 g/mol. The lowest BCUT2D eigenvalue weighted by Gasteiger charge is -2.14. The average molecular weight is 344 g/mol. The number of anilines is 1. The van der Waals surface area contributed by atoms with Crippen molar-refractivity contribution in [3.05, 3.63) is 54.1 Å². The van der Waals surface area contributed by atoms with Crippen LogP contribution < -0.4 is 5.32 Å². The highest BCUT2D eigenvalue weighted by molar-refractivity contribution is 7.90. The summed E-state index contributed by atoms with van der Waals surface area (Å²) in [7, 11) is -4.01. The van der Waals surface area contributed by atoms with E-state index < -0.39 is 28.4 Å². The molecule has 0 saturated heterocycles. The van der Waals surface area contributed by atoms with Crippen LogP contribution in [0, 0.1) is 0 Å². The van der Waals surface area contributed by atoms with Gasteiger partial charge in [0.1, 0.15) is 17.2 Å². The topological polar surface area (TPSA) is 104 Å². The maximum absolute atomic E-state index is 12.3. The van der Waals surface area contributed by atoms with Crippen LogP contribution >= 0.6 is 0 Å². The third-order valence-electron chi connectivity index (χ3n) is 3.35. The molecule has 118 valence electrons. The number of phenolic OH excluding ortho intramolecular Hbond substituents is 1. The summed E-state index contributed by atoms with van der Waals surface area (Å²) in [6.45, 7) is -0.614. The first-order chi connectivity index (χ1) is 10.9. The van der Waals surface area contributed by atoms with Crippen LogP contribution in [0.4, 0.5) is 5.69 Å². The molecule has 7 nitrogen and oxygen atoms in total. The second-order valence-corrected chi connectivity index (χ2v) is 6.74. The van der Waals surface area contributed by atoms with E-state index in [-0.39, 0.29) is 16.2 Å². The number of fused-ring (bicyclic) bond motifs is 1. The SMILES string of the molecule is O=C(CN1C(=O)c2ccccc2S1(=O)=O)N[14c]1[14cH][14cH][14c](O)[14cH][14cH]1. The Kier molecular flexibility index (Phi) is 3.53. The Hall–Kier alpha value is -2.87. The Morgan fingerprint density at radius 1 is 1.22 bits per heavy atom. The second kappa shape index (κ2) is 5.40. The van der Waals surface area contributed by atoms with E-state index in [4.69, 9.17) is 0 Å². The van der Waals surface area contributed by atoms with Gasteiger partial charge in [-0.1, -0.05) is 12.1 Å². The first kappa shape index (κ1) is 15.0. The summed E-state index contributed by atoms with van der Waals surface area (Å²) in [5.41, 5.74) is 0.444. The van der Waals surface area contributed by atoms with Crippen molar-refractivity contribution in [1.82, 2.24) is 4.31 Å². The molecule has 2 amide bonds. The number of carbonyl (C=O) groups excluding carboxylic acids is 2. The Balaban J connectivity index is 1.80. The zero-order valence-electron chi connectivity index (χ0n) is 11.8. The highest BCUT2D eigenvalue weighted by Crippen LogP contribution is 2.29. The van der Waals surface area contributed by atoms with Gasteiger partial charge in [-0.2, -0.15) is 0 Å². The van der Waals surface area contributed by atoms with E-state index in [2.05, 4.69) is 5.32 Å². The molecule has 0 spiro atoms. The van der Waals surface area contributed by atoms with Crippen LogP contribution in [0.5, 0.6) is 5.75 Å². The van der Waals surface area contributed by atoms with Gasteiger partial charge in [-0.3, -0.25) is 9.59 Å². The largest absolute Gasteiger partial charge is 0.508 e. The van der Waals surface area contributed by atoms with Crippen molar-refractivity contribution >= 4 is 27.5 Å². The van der Waals surface area contributed by atoms with Crippen molar-refractivity contribution in [2.45, 2.75) is 4.90 Å². The predicted octanol–water partition coefficient (Wildman–Crippen LogP) is 1.18. The van der Waals surface area contributed by atoms with Crippen molar-refractivity contribution < 1.29 is 23.1 Å². The summed E-state index contributed by atoms with van der Waals surface area (Å²) in [6, 6.07) is 11.5. The van der Waals surface area contributed by atoms with Crippen molar-refractivity contribution in [1.29, 1.82) is 0 Å². The van der Waals surface area contributed by atoms with E-state index in [0.717, 1.165) is 0 Å². The first-order valence-corrected chi connectivity index (χ1v) is 8.08. The lowest BCUT2D eigenvalue weighted by molar-refractivity contribution is -0.116. The zero-order chi connectivity index (χ0) is 16.6. The maximum atomic E-state index is 12.3. The lowest BCUT2D eigenvalue weighted by Crippen LogP contribution is -2.37. The number of carbonyl (C=O) groups is 2. The molecule has 0 aromatic heterocycles. The minimum atomic E-state index is -4.01. The normalized spacial score (nSPS) is 15.3. The monoisotopic (exact) mass is 344 g/mol. The predicted molar refractivity (Wildman–Crippen MR) is 81.4 cm³/mol. The molecule has 1 aliphatic heterocycles. The molecule has 3 rings (SSSR count). The average Bonchev–Trinajstić information content (AvgIpc) is 2.71. The lowest BCUT2D eigenvalue weighted by atomic mass is 10.2. The molecule has 2 aromatic carbocycles. The van der Waals surface area contributed by atoms with Gasteiger partial charge in [0.15, 0.2) is 0 Å². The van der Waals surface area contributed by atoms with E-state index in [1.165, 1.54) is 42.5 Å². The molecule has 8 heteroatoms. The van der Waals surface area contributed by atoms with E-state index >= 15 is 0 Å². The molecule has 0 radical (unpaired) electrons. The minimum absolute atomic E-state index is 0.0377. The Morgan fingerprint density at radius 3 is 2.52 bits per heavy atom. The quantitative estimate of drug-likeness (QED) is 0.814. The highest BCUT2D eigenvalue weighted by Gasteiger charge is 2.41. The van der Waals surface area contributed by atoms with Crippen LogP contribution in [0.15, 0.2) is 53.4 Å². The fourth-order valence-corrected chi connectivity index (χ4v) is 3.79. The van der Waals surface area contributed by atoms with Crippen molar-refractivity contribution in [3.63, 3.8) is 0 Å². The molecule has 0 aliphatic carbocycles. The third kappa shape index (κ3) is 2.64. The second-order valence-electron chi connectivity index (χ2n) is 4.91. The van der Waals surface area contributed by atoms with Gasteiger partial charge in [0.25, 0.3) is 15.9 Å². The number of sulfonamides is 1. The van der Waals surface area contributed by atoms with Gasteiger partial charge in [0.05, 0.1) is 5.56 Å². The first-order valence-electron chi connectivity index (χ1n) is 6.64. The van der Waals surface area contributed by atoms with Gasteiger partial charge in [0, 0.05) is 5.69 Å². The van der Waals surface area contributed by atoms with Gasteiger partial charge in [-0.15, -0.1) is 0 Å². The van der Waals surface area contributed by atoms with E-state index in [1.54, 1.807) is 6.07 Å². The van der Waals surface area contributed by atoms with Crippen LogP contribution in [0.2, 0.25) is 0 Å². The van der Waals surface area contributed by atoms with Crippen LogP contribution in [0.25, 0.3) is 0 Å². The fraction of sp³-hybridized carbons (Fsp3) is 0.0667. The summed E-state index contributed by atoms with van der Waals surface area (Å²) in [5.74, 6) is -1.34. The Labute approximate surface area is 132 Å². The number of hydrogen-bond donors (Lipinski definition) is 2. The molecule has 2 N–H and O–H groups in total. The van der Waals surface area contributed by atoms with Gasteiger partial charge < -0.3 is 10.4 Å². The van der Waals surface area contributed by atoms with Gasteiger partial charge in [-0.25, -0.2) is 12.7 Å². The number of phenols is 1. The van der Waals surface area contributed by atoms with Crippen molar-refractivity contribution in [2.75, 3.05) is 11.9 Å². The summed E-state index contributed by atoms with van der Waals surface area (Å²) < 4.78 is 25.2. The molecule has 0 atom stereocenters. The fourth-order valence-electron chi connectivity index (χ4n) is 2.26. The maximum Gasteiger partial charge on any atom is 0.269 e. The van der Waals surface area contributed by atoms with Crippen molar-refractivity contribution in [2.24, 2.45) is 0 Å². The number of hydrogen-bond acceptors (Lipinski definition) is 5. The molecule has 0 fully saturated rings.